The van der Waals surface area contributed by atoms with Crippen molar-refractivity contribution in [3.05, 3.63) is 34.6 Å². The zero-order valence-electron chi connectivity index (χ0n) is 19.5. The Balaban J connectivity index is 1.54. The lowest BCUT2D eigenvalue weighted by atomic mass is 9.74. The largest absolute Gasteiger partial charge is 0.380 e. The topological polar surface area (TPSA) is 95.7 Å². The molecule has 2 aliphatic heterocycles. The third-order valence-electron chi connectivity index (χ3n) is 8.39. The van der Waals surface area contributed by atoms with Crippen LogP contribution < -0.4 is 11.0 Å². The fraction of sp³-hybridized carbons (Fsp3) is 0.680. The molecule has 5 rings (SSSR count). The van der Waals surface area contributed by atoms with E-state index in [4.69, 9.17) is 0 Å². The van der Waals surface area contributed by atoms with E-state index in [1.165, 1.54) is 51.4 Å². The van der Waals surface area contributed by atoms with Crippen LogP contribution in [0.2, 0.25) is 0 Å². The molecule has 1 aromatic heterocycles. The number of piperidine rings is 2. The maximum Gasteiger partial charge on any atom is 0.380 e. The highest BCUT2D eigenvalue weighted by Gasteiger charge is 2.45. The van der Waals surface area contributed by atoms with Gasteiger partial charge in [0.15, 0.2) is 0 Å². The molecule has 3 heterocycles. The van der Waals surface area contributed by atoms with Crippen LogP contribution >= 0.6 is 7.60 Å². The minimum Gasteiger partial charge on any atom is -0.320 e. The van der Waals surface area contributed by atoms with Crippen molar-refractivity contribution < 1.29 is 14.4 Å². The van der Waals surface area contributed by atoms with Gasteiger partial charge in [0.05, 0.1) is 11.0 Å². The van der Waals surface area contributed by atoms with Crippen molar-refractivity contribution in [1.82, 2.24) is 14.5 Å². The molecular weight excluding hydrogens is 437 g/mol. The van der Waals surface area contributed by atoms with E-state index < -0.39 is 18.6 Å². The van der Waals surface area contributed by atoms with Crippen molar-refractivity contribution in [1.29, 1.82) is 0 Å². The van der Waals surface area contributed by atoms with Crippen molar-refractivity contribution in [3.8, 4) is 0 Å². The van der Waals surface area contributed by atoms with Crippen LogP contribution in [-0.4, -0.2) is 42.4 Å². The third-order valence-corrected chi connectivity index (χ3v) is 9.23. The molecule has 1 aromatic carbocycles. The number of hydrogen-bond acceptors (Lipinski definition) is 4. The van der Waals surface area contributed by atoms with Crippen LogP contribution in [0.5, 0.6) is 0 Å². The quantitative estimate of drug-likeness (QED) is 0.652. The van der Waals surface area contributed by atoms with Gasteiger partial charge >= 0.3 is 7.60 Å². The van der Waals surface area contributed by atoms with E-state index >= 15 is 0 Å². The number of hydrogen-bond donors (Lipinski definition) is 2. The van der Waals surface area contributed by atoms with Gasteiger partial charge in [-0.3, -0.25) is 14.3 Å². The average molecular weight is 474 g/mol. The van der Waals surface area contributed by atoms with Crippen molar-refractivity contribution in [3.63, 3.8) is 0 Å². The summed E-state index contributed by atoms with van der Waals surface area (Å²) in [6.07, 6.45) is 13.2. The third kappa shape index (κ3) is 4.45. The summed E-state index contributed by atoms with van der Waals surface area (Å²) >= 11 is 0. The van der Waals surface area contributed by atoms with Gasteiger partial charge in [-0.1, -0.05) is 51.2 Å². The fourth-order valence-electron chi connectivity index (χ4n) is 6.85. The molecule has 3 fully saturated rings. The SMILES string of the molecule is C[C@@H]1CC[C@H]2C[C@@H](n3c(=O)c(P(=O)(O)O)nc4ccccc43)C[C@@H]1N2C1CCCCCCC1. The Morgan fingerprint density at radius 2 is 1.61 bits per heavy atom. The van der Waals surface area contributed by atoms with Crippen molar-refractivity contribution in [2.75, 3.05) is 0 Å². The molecule has 33 heavy (non-hydrogen) atoms. The minimum atomic E-state index is -4.77. The summed E-state index contributed by atoms with van der Waals surface area (Å²) in [5.74, 6) is 0.555. The van der Waals surface area contributed by atoms with Crippen LogP contribution in [0.15, 0.2) is 29.1 Å². The maximum absolute atomic E-state index is 13.4. The second-order valence-corrected chi connectivity index (χ2v) is 12.0. The Labute approximate surface area is 195 Å². The summed E-state index contributed by atoms with van der Waals surface area (Å²) in [5.41, 5.74) is -0.107. The van der Waals surface area contributed by atoms with E-state index in [0.29, 0.717) is 35.1 Å². The Hall–Kier alpha value is -1.53. The van der Waals surface area contributed by atoms with Crippen LogP contribution in [-0.2, 0) is 4.57 Å². The molecule has 0 amide bonds. The fourth-order valence-corrected chi connectivity index (χ4v) is 7.45. The predicted octanol–water partition coefficient (Wildman–Crippen LogP) is 4.12. The number of rotatable bonds is 3. The van der Waals surface area contributed by atoms with Crippen LogP contribution in [0.4, 0.5) is 0 Å². The number of nitrogens with zero attached hydrogens (tertiary/aromatic N) is 3. The smallest absolute Gasteiger partial charge is 0.320 e. The lowest BCUT2D eigenvalue weighted by molar-refractivity contribution is -0.0498. The van der Waals surface area contributed by atoms with Gasteiger partial charge in [-0.2, -0.15) is 0 Å². The molecule has 8 heteroatoms. The molecule has 0 radical (unpaired) electrons. The van der Waals surface area contributed by atoms with Gasteiger partial charge in [0.1, 0.15) is 0 Å². The zero-order chi connectivity index (χ0) is 23.2. The van der Waals surface area contributed by atoms with E-state index in [-0.39, 0.29) is 6.04 Å². The summed E-state index contributed by atoms with van der Waals surface area (Å²) in [5, 5.41) is 0. The molecule has 7 nitrogen and oxygen atoms in total. The molecule has 2 aromatic rings. The number of aromatic nitrogens is 2. The van der Waals surface area contributed by atoms with Crippen LogP contribution in [0.1, 0.15) is 83.6 Å². The first kappa shape index (κ1) is 23.2. The van der Waals surface area contributed by atoms with Crippen molar-refractivity contribution in [2.45, 2.75) is 102 Å². The normalized spacial score (nSPS) is 30.2. The lowest BCUT2D eigenvalue weighted by Gasteiger charge is -2.55. The molecule has 0 unspecified atom stereocenters. The Morgan fingerprint density at radius 1 is 0.909 bits per heavy atom. The van der Waals surface area contributed by atoms with Crippen molar-refractivity contribution >= 4 is 24.1 Å². The Bertz CT molecular complexity index is 1100. The molecular formula is C25H36N3O4P. The molecule has 3 aliphatic rings. The molecule has 2 N–H and O–H groups in total. The molecule has 4 atom stereocenters. The van der Waals surface area contributed by atoms with Crippen LogP contribution in [0.3, 0.4) is 0 Å². The van der Waals surface area contributed by atoms with Gasteiger partial charge in [-0.25, -0.2) is 4.98 Å². The molecule has 1 aliphatic carbocycles. The molecule has 180 valence electrons. The first-order chi connectivity index (χ1) is 15.8. The van der Waals surface area contributed by atoms with Gasteiger partial charge in [0.2, 0.25) is 5.44 Å². The van der Waals surface area contributed by atoms with Gasteiger partial charge in [0, 0.05) is 24.2 Å². The van der Waals surface area contributed by atoms with E-state index in [1.807, 2.05) is 12.1 Å². The standard InChI is InChI=1S/C25H36N3O4P/c1-17-13-14-19-15-20(16-23(17)27(19)18-9-5-3-2-4-6-10-18)28-22-12-8-7-11-21(22)26-24(25(28)29)33(30,31)32/h7-8,11-12,17-20,23H,2-6,9-10,13-16H2,1H3,(H2,30,31,32)/t17-,19+,20-,23+/m1/s1. The van der Waals surface area contributed by atoms with Gasteiger partial charge in [-0.05, 0) is 56.6 Å². The first-order valence-electron chi connectivity index (χ1n) is 12.7. The highest BCUT2D eigenvalue weighted by molar-refractivity contribution is 7.59. The van der Waals surface area contributed by atoms with E-state index in [0.717, 1.165) is 19.3 Å². The molecule has 0 spiro atoms. The number of fused-ring (bicyclic) bond motifs is 3. The molecule has 1 saturated carbocycles. The zero-order valence-corrected chi connectivity index (χ0v) is 20.4. The van der Waals surface area contributed by atoms with Crippen molar-refractivity contribution in [2.24, 2.45) is 5.92 Å². The van der Waals surface area contributed by atoms with E-state index in [2.05, 4.69) is 16.8 Å². The van der Waals surface area contributed by atoms with Gasteiger partial charge < -0.3 is 14.4 Å². The summed E-state index contributed by atoms with van der Waals surface area (Å²) < 4.78 is 13.8. The second kappa shape index (κ2) is 9.26. The Morgan fingerprint density at radius 3 is 2.33 bits per heavy atom. The highest BCUT2D eigenvalue weighted by atomic mass is 31.2. The monoisotopic (exact) mass is 473 g/mol. The maximum atomic E-state index is 13.4. The van der Waals surface area contributed by atoms with Gasteiger partial charge in [-0.15, -0.1) is 0 Å². The van der Waals surface area contributed by atoms with Gasteiger partial charge in [0.25, 0.3) is 5.56 Å². The Kier molecular flexibility index (Phi) is 6.51. The first-order valence-corrected chi connectivity index (χ1v) is 14.3. The van der Waals surface area contributed by atoms with E-state index in [1.54, 1.807) is 16.7 Å². The summed E-state index contributed by atoms with van der Waals surface area (Å²) in [6.45, 7) is 2.34. The predicted molar refractivity (Wildman–Crippen MR) is 130 cm³/mol. The molecule has 2 saturated heterocycles. The summed E-state index contributed by atoms with van der Waals surface area (Å²) in [6, 6.07) is 8.63. The van der Waals surface area contributed by atoms with E-state index in [9.17, 15) is 19.1 Å². The summed E-state index contributed by atoms with van der Waals surface area (Å²) in [7, 11) is -4.77. The minimum absolute atomic E-state index is 0.0711. The summed E-state index contributed by atoms with van der Waals surface area (Å²) in [4.78, 5) is 40.0. The lowest BCUT2D eigenvalue weighted by Crippen LogP contribution is -2.60. The number of para-hydroxylation sites is 2. The second-order valence-electron chi connectivity index (χ2n) is 10.5. The number of benzene rings is 1. The van der Waals surface area contributed by atoms with Crippen LogP contribution in [0, 0.1) is 5.92 Å². The molecule has 2 bridgehead atoms. The highest BCUT2D eigenvalue weighted by Crippen LogP contribution is 2.45. The van der Waals surface area contributed by atoms with Crippen LogP contribution in [0.25, 0.3) is 11.0 Å². The average Bonchev–Trinajstić information content (AvgIpc) is 2.75.